The number of carbonyl (C=O) groups is 2. The van der Waals surface area contributed by atoms with Crippen LogP contribution in [0.3, 0.4) is 0 Å². The molecular formula is C27H19N5O3. The zero-order valence-corrected chi connectivity index (χ0v) is 18.8. The lowest BCUT2D eigenvalue weighted by Crippen LogP contribution is -2.23. The zero-order chi connectivity index (χ0) is 23.9. The van der Waals surface area contributed by atoms with Crippen molar-refractivity contribution in [2.45, 2.75) is 6.54 Å². The zero-order valence-electron chi connectivity index (χ0n) is 18.8. The lowest BCUT2D eigenvalue weighted by molar-refractivity contribution is 0.0971. The number of aromatic nitrogens is 5. The van der Waals surface area contributed by atoms with Crippen LogP contribution in [0.2, 0.25) is 0 Å². The first kappa shape index (κ1) is 20.7. The molecule has 3 aromatic carbocycles. The van der Waals surface area contributed by atoms with Gasteiger partial charge in [-0.25, -0.2) is 9.67 Å². The van der Waals surface area contributed by atoms with Gasteiger partial charge in [0, 0.05) is 16.7 Å². The first-order valence-electron chi connectivity index (χ1n) is 11.0. The molecule has 0 radical (unpaired) electrons. The lowest BCUT2D eigenvalue weighted by Gasteiger charge is -2.16. The van der Waals surface area contributed by atoms with E-state index in [1.165, 1.54) is 0 Å². The van der Waals surface area contributed by atoms with Crippen molar-refractivity contribution in [3.63, 3.8) is 0 Å². The van der Waals surface area contributed by atoms with Crippen LogP contribution in [0.5, 0.6) is 5.75 Å². The van der Waals surface area contributed by atoms with E-state index in [9.17, 15) is 9.59 Å². The van der Waals surface area contributed by atoms with Crippen LogP contribution in [0.25, 0.3) is 17.1 Å². The Labute approximate surface area is 200 Å². The van der Waals surface area contributed by atoms with Crippen LogP contribution in [0.15, 0.2) is 85.1 Å². The van der Waals surface area contributed by atoms with Crippen LogP contribution < -0.4 is 4.74 Å². The molecule has 2 heterocycles. The van der Waals surface area contributed by atoms with Gasteiger partial charge >= 0.3 is 0 Å². The highest BCUT2D eigenvalue weighted by atomic mass is 16.5. The van der Waals surface area contributed by atoms with Crippen molar-refractivity contribution >= 4 is 11.6 Å². The molecule has 0 saturated heterocycles. The first-order chi connectivity index (χ1) is 17.1. The van der Waals surface area contributed by atoms with Crippen molar-refractivity contribution in [1.82, 2.24) is 24.5 Å². The summed E-state index contributed by atoms with van der Waals surface area (Å²) in [5.74, 6) is 0.613. The minimum Gasteiger partial charge on any atom is -0.497 e. The van der Waals surface area contributed by atoms with Crippen LogP contribution in [-0.4, -0.2) is 43.2 Å². The fraction of sp³-hybridized carbons (Fsp3) is 0.0741. The number of rotatable bonds is 5. The van der Waals surface area contributed by atoms with E-state index in [-0.39, 0.29) is 29.5 Å². The van der Waals surface area contributed by atoms with E-state index in [0.29, 0.717) is 28.4 Å². The van der Waals surface area contributed by atoms with Crippen LogP contribution in [0.1, 0.15) is 37.8 Å². The van der Waals surface area contributed by atoms with Crippen molar-refractivity contribution in [3.05, 3.63) is 113 Å². The third-order valence-corrected chi connectivity index (χ3v) is 6.02. The lowest BCUT2D eigenvalue weighted by atomic mass is 9.90. The van der Waals surface area contributed by atoms with Crippen molar-refractivity contribution in [2.24, 2.45) is 0 Å². The maximum Gasteiger partial charge on any atom is 0.214 e. The number of hydrogen-bond donors (Lipinski definition) is 0. The molecule has 0 N–H and O–H groups in total. The molecule has 0 saturated carbocycles. The van der Waals surface area contributed by atoms with Gasteiger partial charge in [-0.15, -0.1) is 5.10 Å². The molecule has 8 heteroatoms. The molecule has 8 nitrogen and oxygen atoms in total. The molecule has 0 fully saturated rings. The van der Waals surface area contributed by atoms with Crippen LogP contribution in [-0.2, 0) is 6.54 Å². The largest absolute Gasteiger partial charge is 0.497 e. The normalized spacial score (nSPS) is 12.4. The number of benzene rings is 3. The fourth-order valence-electron chi connectivity index (χ4n) is 4.35. The molecule has 35 heavy (non-hydrogen) atoms. The molecule has 170 valence electrons. The Kier molecular flexibility index (Phi) is 4.84. The Morgan fingerprint density at radius 1 is 0.857 bits per heavy atom. The number of ether oxygens (including phenoxy) is 1. The number of imidazole rings is 1. The van der Waals surface area contributed by atoms with E-state index < -0.39 is 0 Å². The van der Waals surface area contributed by atoms with Gasteiger partial charge < -0.3 is 9.30 Å². The third-order valence-electron chi connectivity index (χ3n) is 6.02. The van der Waals surface area contributed by atoms with Crippen LogP contribution >= 0.6 is 0 Å². The molecule has 5 aromatic rings. The second kappa shape index (κ2) is 8.18. The Morgan fingerprint density at radius 3 is 2.37 bits per heavy atom. The monoisotopic (exact) mass is 461 g/mol. The van der Waals surface area contributed by atoms with Gasteiger partial charge in [-0.3, -0.25) is 9.59 Å². The minimum atomic E-state index is -0.272. The predicted octanol–water partition coefficient (Wildman–Crippen LogP) is 3.96. The highest BCUT2D eigenvalue weighted by Crippen LogP contribution is 2.33. The van der Waals surface area contributed by atoms with Gasteiger partial charge in [-0.05, 0) is 24.3 Å². The van der Waals surface area contributed by atoms with Gasteiger partial charge in [-0.2, -0.15) is 0 Å². The Morgan fingerprint density at radius 2 is 1.60 bits per heavy atom. The van der Waals surface area contributed by atoms with Gasteiger partial charge in [0.1, 0.15) is 28.7 Å². The summed E-state index contributed by atoms with van der Waals surface area (Å²) in [5, 5.41) is 8.56. The highest BCUT2D eigenvalue weighted by Gasteiger charge is 2.36. The topological polar surface area (TPSA) is 91.9 Å². The maximum absolute atomic E-state index is 13.6. The van der Waals surface area contributed by atoms with E-state index in [1.807, 2.05) is 54.6 Å². The van der Waals surface area contributed by atoms with E-state index >= 15 is 0 Å². The first-order valence-corrected chi connectivity index (χ1v) is 11.0. The van der Waals surface area contributed by atoms with Crippen LogP contribution in [0, 0.1) is 0 Å². The van der Waals surface area contributed by atoms with E-state index in [1.54, 1.807) is 46.8 Å². The molecule has 0 amide bonds. The summed E-state index contributed by atoms with van der Waals surface area (Å²) in [6.07, 6.45) is 1.81. The van der Waals surface area contributed by atoms with Gasteiger partial charge in [0.25, 0.3) is 0 Å². The van der Waals surface area contributed by atoms with Crippen LogP contribution in [0.4, 0.5) is 0 Å². The summed E-state index contributed by atoms with van der Waals surface area (Å²) in [6, 6.07) is 23.8. The van der Waals surface area contributed by atoms with Gasteiger partial charge in [-0.1, -0.05) is 59.8 Å². The quantitative estimate of drug-likeness (QED) is 0.386. The standard InChI is InChI=1S/C27H19N5O3/c1-35-20-11-7-8-17(14-20)27-28-23-24(26(34)22-13-6-5-12-21(22)25(23)33)31(27)15-18-16-32(30-29-18)19-9-3-2-4-10-19/h2-14,16H,15H2,1H3. The fourth-order valence-corrected chi connectivity index (χ4v) is 4.35. The van der Waals surface area contributed by atoms with Gasteiger partial charge in [0.2, 0.25) is 11.6 Å². The number of methoxy groups -OCH3 is 1. The van der Waals surface area contributed by atoms with Gasteiger partial charge in [0.05, 0.1) is 25.5 Å². The van der Waals surface area contributed by atoms with Crippen molar-refractivity contribution < 1.29 is 14.3 Å². The second-order valence-electron chi connectivity index (χ2n) is 8.14. The molecule has 6 rings (SSSR count). The number of nitrogens with zero attached hydrogens (tertiary/aromatic N) is 5. The average molecular weight is 461 g/mol. The minimum absolute atomic E-state index is 0.141. The Bertz CT molecular complexity index is 1600. The predicted molar refractivity (Wildman–Crippen MR) is 128 cm³/mol. The number of hydrogen-bond acceptors (Lipinski definition) is 6. The molecule has 0 bridgehead atoms. The number of carbonyl (C=O) groups excluding carboxylic acids is 2. The summed E-state index contributed by atoms with van der Waals surface area (Å²) in [4.78, 5) is 31.6. The third kappa shape index (κ3) is 3.43. The molecule has 0 unspecified atom stereocenters. The molecule has 2 aromatic heterocycles. The van der Waals surface area contributed by atoms with Crippen molar-refractivity contribution in [3.8, 4) is 22.8 Å². The van der Waals surface area contributed by atoms with E-state index in [4.69, 9.17) is 4.74 Å². The second-order valence-corrected chi connectivity index (χ2v) is 8.14. The van der Waals surface area contributed by atoms with Gasteiger partial charge in [0.15, 0.2) is 0 Å². The van der Waals surface area contributed by atoms with Crippen molar-refractivity contribution in [2.75, 3.05) is 7.11 Å². The summed E-state index contributed by atoms with van der Waals surface area (Å²) in [7, 11) is 1.59. The number of fused-ring (bicyclic) bond motifs is 2. The molecule has 0 aliphatic heterocycles. The number of para-hydroxylation sites is 1. The summed E-state index contributed by atoms with van der Waals surface area (Å²) < 4.78 is 8.81. The molecule has 0 spiro atoms. The number of ketones is 2. The average Bonchev–Trinajstić information content (AvgIpc) is 3.53. The molecule has 0 atom stereocenters. The van der Waals surface area contributed by atoms with Crippen molar-refractivity contribution in [1.29, 1.82) is 0 Å². The van der Waals surface area contributed by atoms with E-state index in [0.717, 1.165) is 11.3 Å². The highest BCUT2D eigenvalue weighted by molar-refractivity contribution is 6.27. The SMILES string of the molecule is COc1cccc(-c2nc3c(n2Cc2cn(-c4ccccc4)nn2)C(=O)c2ccccc2C3=O)c1. The maximum atomic E-state index is 13.6. The Hall–Kier alpha value is -4.85. The summed E-state index contributed by atoms with van der Waals surface area (Å²) >= 11 is 0. The summed E-state index contributed by atoms with van der Waals surface area (Å²) in [6.45, 7) is 0.211. The smallest absolute Gasteiger partial charge is 0.214 e. The molecular weight excluding hydrogens is 442 g/mol. The summed E-state index contributed by atoms with van der Waals surface area (Å²) in [5.41, 5.74) is 3.34. The molecule has 1 aliphatic carbocycles. The molecule has 1 aliphatic rings. The Balaban J connectivity index is 1.51. The van der Waals surface area contributed by atoms with E-state index in [2.05, 4.69) is 15.3 Å².